The number of hydrogen-bond donors (Lipinski definition) is 2. The van der Waals surface area contributed by atoms with Gasteiger partial charge in [0.1, 0.15) is 0 Å². The summed E-state index contributed by atoms with van der Waals surface area (Å²) in [5.74, 6) is -4.10. The van der Waals surface area contributed by atoms with Crippen LogP contribution in [0, 0.1) is 0 Å². The SMILES string of the molecule is CC(O)C1(O)OC(=O)CCC(=O)O1. The average Bonchev–Trinajstić information content (AvgIpc) is 2.11. The van der Waals surface area contributed by atoms with E-state index in [2.05, 4.69) is 9.47 Å². The molecule has 6 nitrogen and oxygen atoms in total. The van der Waals surface area contributed by atoms with Gasteiger partial charge in [-0.15, -0.1) is 0 Å². The predicted octanol–water partition coefficient (Wildman–Crippen LogP) is -1.11. The lowest BCUT2D eigenvalue weighted by Gasteiger charge is -2.26. The van der Waals surface area contributed by atoms with Gasteiger partial charge >= 0.3 is 17.9 Å². The Morgan fingerprint density at radius 3 is 2.00 bits per heavy atom. The van der Waals surface area contributed by atoms with Crippen molar-refractivity contribution >= 4 is 11.9 Å². The molecular formula is C7H10O6. The highest BCUT2D eigenvalue weighted by atomic mass is 16.8. The second-order valence-electron chi connectivity index (χ2n) is 2.75. The Morgan fingerprint density at radius 1 is 1.31 bits per heavy atom. The van der Waals surface area contributed by atoms with Crippen LogP contribution in [0.2, 0.25) is 0 Å². The maximum absolute atomic E-state index is 10.8. The molecule has 0 aromatic rings. The standard InChI is InChI=1S/C7H10O6/c1-4(8)7(11)12-5(9)2-3-6(10)13-7/h4,8,11H,2-3H2,1H3. The summed E-state index contributed by atoms with van der Waals surface area (Å²) in [5, 5.41) is 18.3. The fraction of sp³-hybridized carbons (Fsp3) is 0.714. The van der Waals surface area contributed by atoms with Crippen LogP contribution < -0.4 is 0 Å². The smallest absolute Gasteiger partial charge is 0.396 e. The van der Waals surface area contributed by atoms with Crippen LogP contribution >= 0.6 is 0 Å². The maximum Gasteiger partial charge on any atom is 0.400 e. The van der Waals surface area contributed by atoms with Gasteiger partial charge in [0.25, 0.3) is 0 Å². The van der Waals surface area contributed by atoms with Crippen LogP contribution in [0.3, 0.4) is 0 Å². The second-order valence-corrected chi connectivity index (χ2v) is 2.75. The van der Waals surface area contributed by atoms with Crippen molar-refractivity contribution in [3.05, 3.63) is 0 Å². The summed E-state index contributed by atoms with van der Waals surface area (Å²) in [6.07, 6.45) is -1.81. The maximum atomic E-state index is 10.8. The van der Waals surface area contributed by atoms with Gasteiger partial charge in [0.05, 0.1) is 12.8 Å². The fourth-order valence-corrected chi connectivity index (χ4v) is 0.824. The first-order valence-corrected chi connectivity index (χ1v) is 3.78. The van der Waals surface area contributed by atoms with Crippen molar-refractivity contribution < 1.29 is 29.3 Å². The van der Waals surface area contributed by atoms with Gasteiger partial charge in [0.2, 0.25) is 0 Å². The van der Waals surface area contributed by atoms with E-state index in [1.807, 2.05) is 0 Å². The first kappa shape index (κ1) is 9.94. The number of carbonyl (C=O) groups excluding carboxylic acids is 2. The Hall–Kier alpha value is -1.14. The lowest BCUT2D eigenvalue weighted by Crippen LogP contribution is -2.47. The van der Waals surface area contributed by atoms with Gasteiger partial charge in [0, 0.05) is 0 Å². The van der Waals surface area contributed by atoms with Gasteiger partial charge in [0.15, 0.2) is 6.10 Å². The van der Waals surface area contributed by atoms with Crippen LogP contribution in [0.15, 0.2) is 0 Å². The molecule has 0 spiro atoms. The zero-order valence-corrected chi connectivity index (χ0v) is 7.02. The summed E-state index contributed by atoms with van der Waals surface area (Å²) in [5.41, 5.74) is 0. The van der Waals surface area contributed by atoms with E-state index < -0.39 is 24.0 Å². The monoisotopic (exact) mass is 190 g/mol. The largest absolute Gasteiger partial charge is 0.400 e. The molecule has 74 valence electrons. The summed E-state index contributed by atoms with van der Waals surface area (Å²) < 4.78 is 8.71. The van der Waals surface area contributed by atoms with Gasteiger partial charge < -0.3 is 19.7 Å². The number of carbonyl (C=O) groups is 2. The summed E-state index contributed by atoms with van der Waals surface area (Å²) in [6.45, 7) is 1.14. The van der Waals surface area contributed by atoms with Crippen LogP contribution in [-0.4, -0.2) is 34.2 Å². The van der Waals surface area contributed by atoms with Crippen molar-refractivity contribution in [2.24, 2.45) is 0 Å². The van der Waals surface area contributed by atoms with E-state index in [0.29, 0.717) is 0 Å². The quantitative estimate of drug-likeness (QED) is 0.509. The molecule has 0 bridgehead atoms. The molecule has 13 heavy (non-hydrogen) atoms. The summed E-state index contributed by atoms with van der Waals surface area (Å²) in [7, 11) is 0. The minimum atomic E-state index is -2.54. The molecule has 1 saturated heterocycles. The Kier molecular flexibility index (Phi) is 2.53. The highest BCUT2D eigenvalue weighted by molar-refractivity contribution is 5.79. The molecule has 1 aliphatic rings. The number of cyclic esters (lactones) is 2. The third kappa shape index (κ3) is 2.16. The number of aliphatic hydroxyl groups is 2. The summed E-state index contributed by atoms with van der Waals surface area (Å²) in [6, 6.07) is 0. The molecule has 0 radical (unpaired) electrons. The average molecular weight is 190 g/mol. The van der Waals surface area contributed by atoms with Gasteiger partial charge in [-0.3, -0.25) is 9.59 Å². The normalized spacial score (nSPS) is 24.2. The van der Waals surface area contributed by atoms with Crippen LogP contribution in [-0.2, 0) is 19.1 Å². The minimum absolute atomic E-state index is 0.159. The molecule has 0 amide bonds. The molecule has 0 aliphatic carbocycles. The zero-order valence-electron chi connectivity index (χ0n) is 7.02. The second kappa shape index (κ2) is 3.31. The van der Waals surface area contributed by atoms with Crippen molar-refractivity contribution in [1.29, 1.82) is 0 Å². The molecule has 0 aromatic heterocycles. The van der Waals surface area contributed by atoms with E-state index in [1.165, 1.54) is 0 Å². The highest BCUT2D eigenvalue weighted by Crippen LogP contribution is 2.20. The molecule has 1 heterocycles. The van der Waals surface area contributed by atoms with Crippen LogP contribution in [0.5, 0.6) is 0 Å². The molecule has 6 heteroatoms. The summed E-state index contributed by atoms with van der Waals surface area (Å²) in [4.78, 5) is 21.6. The van der Waals surface area contributed by atoms with Crippen molar-refractivity contribution in [2.45, 2.75) is 31.8 Å². The number of esters is 2. The minimum Gasteiger partial charge on any atom is -0.396 e. The number of ether oxygens (including phenoxy) is 2. The molecule has 1 unspecified atom stereocenters. The molecule has 0 aromatic carbocycles. The third-order valence-electron chi connectivity index (χ3n) is 1.58. The third-order valence-corrected chi connectivity index (χ3v) is 1.58. The molecular weight excluding hydrogens is 180 g/mol. The fourth-order valence-electron chi connectivity index (χ4n) is 0.824. The molecule has 0 saturated carbocycles. The molecule has 1 atom stereocenters. The Morgan fingerprint density at radius 2 is 1.69 bits per heavy atom. The van der Waals surface area contributed by atoms with E-state index in [1.54, 1.807) is 0 Å². The molecule has 1 aliphatic heterocycles. The van der Waals surface area contributed by atoms with Crippen molar-refractivity contribution in [3.63, 3.8) is 0 Å². The first-order chi connectivity index (χ1) is 5.94. The van der Waals surface area contributed by atoms with E-state index in [9.17, 15) is 14.7 Å². The van der Waals surface area contributed by atoms with Crippen LogP contribution in [0.4, 0.5) is 0 Å². The van der Waals surface area contributed by atoms with E-state index in [4.69, 9.17) is 5.11 Å². The van der Waals surface area contributed by atoms with E-state index in [0.717, 1.165) is 6.92 Å². The van der Waals surface area contributed by atoms with E-state index in [-0.39, 0.29) is 12.8 Å². The number of rotatable bonds is 1. The Labute approximate surface area is 74.1 Å². The molecule has 1 fully saturated rings. The summed E-state index contributed by atoms with van der Waals surface area (Å²) >= 11 is 0. The van der Waals surface area contributed by atoms with Gasteiger partial charge in [-0.25, -0.2) is 0 Å². The van der Waals surface area contributed by atoms with Crippen molar-refractivity contribution in [1.82, 2.24) is 0 Å². The predicted molar refractivity (Wildman–Crippen MR) is 38.0 cm³/mol. The van der Waals surface area contributed by atoms with Gasteiger partial charge in [-0.05, 0) is 6.92 Å². The van der Waals surface area contributed by atoms with Crippen LogP contribution in [0.25, 0.3) is 0 Å². The number of aliphatic hydroxyl groups excluding tert-OH is 1. The van der Waals surface area contributed by atoms with Gasteiger partial charge in [-0.1, -0.05) is 0 Å². The molecule has 1 rings (SSSR count). The molecule has 2 N–H and O–H groups in total. The zero-order chi connectivity index (χ0) is 10.1. The van der Waals surface area contributed by atoms with E-state index >= 15 is 0 Å². The van der Waals surface area contributed by atoms with Crippen LogP contribution in [0.1, 0.15) is 19.8 Å². The van der Waals surface area contributed by atoms with Gasteiger partial charge in [-0.2, -0.15) is 0 Å². The number of hydrogen-bond acceptors (Lipinski definition) is 6. The Bertz CT molecular complexity index is 215. The Balaban J connectivity index is 2.83. The first-order valence-electron chi connectivity index (χ1n) is 3.78. The lowest BCUT2D eigenvalue weighted by atomic mass is 10.3. The van der Waals surface area contributed by atoms with Crippen molar-refractivity contribution in [3.8, 4) is 0 Å². The highest BCUT2D eigenvalue weighted by Gasteiger charge is 2.44. The lowest BCUT2D eigenvalue weighted by molar-refractivity contribution is -0.354. The topological polar surface area (TPSA) is 93.1 Å². The van der Waals surface area contributed by atoms with Crippen molar-refractivity contribution in [2.75, 3.05) is 0 Å².